The number of carbonyl (C=O) groups excluding carboxylic acids is 1. The van der Waals surface area contributed by atoms with Crippen molar-refractivity contribution in [2.45, 2.75) is 24.9 Å². The van der Waals surface area contributed by atoms with Crippen molar-refractivity contribution < 1.29 is 99.1 Å². The van der Waals surface area contributed by atoms with Crippen molar-refractivity contribution in [1.82, 2.24) is 4.57 Å². The van der Waals surface area contributed by atoms with Crippen LogP contribution in [0.1, 0.15) is 17.3 Å². The molecule has 0 bridgehead atoms. The van der Waals surface area contributed by atoms with Crippen LogP contribution in [0, 0.1) is 49.4 Å². The number of aromatic hydroxyl groups is 1. The van der Waals surface area contributed by atoms with Crippen LogP contribution in [0.2, 0.25) is 0 Å². The van der Waals surface area contributed by atoms with Crippen LogP contribution in [0.15, 0.2) is 259 Å². The first-order chi connectivity index (χ1) is 38.2. The van der Waals surface area contributed by atoms with Gasteiger partial charge in [0.15, 0.2) is 14.3 Å². The molecule has 2 heterocycles. The zero-order valence-corrected chi connectivity index (χ0v) is 47.7. The average molecular weight is 1290 g/mol. The Morgan fingerprint density at radius 2 is 0.889 bits per heavy atom. The Labute approximate surface area is 506 Å². The van der Waals surface area contributed by atoms with Gasteiger partial charge >= 0.3 is 18.0 Å². The van der Waals surface area contributed by atoms with Gasteiger partial charge in [-0.05, 0) is 47.6 Å². The van der Waals surface area contributed by atoms with E-state index < -0.39 is 55.0 Å². The van der Waals surface area contributed by atoms with Gasteiger partial charge in [0.05, 0.1) is 10.2 Å². The van der Waals surface area contributed by atoms with Gasteiger partial charge in [0, 0.05) is 102 Å². The molecule has 0 saturated heterocycles. The summed E-state index contributed by atoms with van der Waals surface area (Å²) in [7, 11) is -5.47. The molecule has 0 spiro atoms. The minimum absolute atomic E-state index is 0. The van der Waals surface area contributed by atoms with E-state index in [0.717, 1.165) is 52.1 Å². The summed E-state index contributed by atoms with van der Waals surface area (Å²) in [6, 6.07) is 73.0. The van der Waals surface area contributed by atoms with E-state index in [2.05, 4.69) is 6.58 Å². The molecule has 1 N–H and O–H groups in total. The van der Waals surface area contributed by atoms with Crippen LogP contribution in [0.3, 0.4) is 0 Å². The van der Waals surface area contributed by atoms with Gasteiger partial charge in [-0.15, -0.1) is 11.3 Å². The van der Waals surface area contributed by atoms with E-state index in [9.17, 15) is 54.6 Å². The Morgan fingerprint density at radius 1 is 0.506 bits per heavy atom. The molecule has 0 aliphatic carbocycles. The molecule has 0 aliphatic rings. The van der Waals surface area contributed by atoms with Crippen molar-refractivity contribution in [2.75, 3.05) is 0 Å². The van der Waals surface area contributed by atoms with Gasteiger partial charge in [0.1, 0.15) is 11.3 Å². The Bertz CT molecular complexity index is 4040. The number of hydrogen-bond donors (Lipinski definition) is 1. The fraction of sp³-hybridized carbons (Fsp3) is 0.0625. The summed E-state index contributed by atoms with van der Waals surface area (Å²) in [6.45, 7) is 5.75. The van der Waals surface area contributed by atoms with Gasteiger partial charge in [0.25, 0.3) is 5.56 Å². The van der Waals surface area contributed by atoms with E-state index in [1.54, 1.807) is 66.7 Å². The van der Waals surface area contributed by atoms with Crippen molar-refractivity contribution in [2.24, 2.45) is 0 Å². The summed E-state index contributed by atoms with van der Waals surface area (Å²) >= 11 is 1.17. The maximum absolute atomic E-state index is 14.6. The number of allylic oxidation sites excluding steroid dienone is 1. The summed E-state index contributed by atoms with van der Waals surface area (Å²) in [4.78, 5) is 26.6. The van der Waals surface area contributed by atoms with Crippen LogP contribution >= 0.6 is 25.6 Å². The van der Waals surface area contributed by atoms with Crippen molar-refractivity contribution in [1.29, 1.82) is 0 Å². The topological polar surface area (TPSA) is 93.4 Å². The first-order valence-electron chi connectivity index (χ1n) is 24.6. The average Bonchev–Trinajstić information content (AvgIpc) is 4.10. The normalized spacial score (nSPS) is 11.9. The Morgan fingerprint density at radius 3 is 1.32 bits per heavy atom. The van der Waals surface area contributed by atoms with Gasteiger partial charge in [0.2, 0.25) is 5.78 Å². The smallest absolute Gasteiger partial charge is 0.460 e. The number of nitrogens with zero attached hydrogens (tertiary/aromatic N) is 1. The number of ketones is 1. The number of halogens is 7. The largest absolute Gasteiger partial charge is 0.506 e. The van der Waals surface area contributed by atoms with E-state index in [0.29, 0.717) is 15.6 Å². The van der Waals surface area contributed by atoms with E-state index >= 15 is 0 Å². The Kier molecular flexibility index (Phi) is 18.4. The van der Waals surface area contributed by atoms with E-state index in [4.69, 9.17) is 0 Å². The number of carbonyl (C=O) groups is 1. The zero-order valence-electron chi connectivity index (χ0n) is 42.7. The van der Waals surface area contributed by atoms with Gasteiger partial charge in [-0.25, -0.2) is 0 Å². The van der Waals surface area contributed by atoms with Gasteiger partial charge < -0.3 is 14.2 Å². The molecular formula is C64H46EuF7NO5P2S. The van der Waals surface area contributed by atoms with Gasteiger partial charge in [-0.2, -0.15) is 30.7 Å². The first-order valence-corrected chi connectivity index (χ1v) is 28.8. The fourth-order valence-electron chi connectivity index (χ4n) is 9.23. The Hall–Kier alpha value is -6.83. The molecule has 9 aromatic carbocycles. The van der Waals surface area contributed by atoms with Crippen molar-refractivity contribution in [3.8, 4) is 22.6 Å². The SMILES string of the molecule is C=C(C)P(=O)(c1ccccc1)c1ccccc1.O=C(c1c(O)c2ccc3c4ccccc4sc3c2n(-c2ccc(-c3ccccc3)cc2)c1=O)C(F)(F)C(F)(F)C(F)(F)F.O=P(c1ccccc1)(c1ccccc1)c1ccccc1.[Eu]. The molecule has 0 fully saturated rings. The molecule has 6 nitrogen and oxygen atoms in total. The van der Waals surface area contributed by atoms with Crippen molar-refractivity contribution >= 4 is 89.0 Å². The third-order valence-electron chi connectivity index (χ3n) is 13.3. The van der Waals surface area contributed by atoms with Gasteiger partial charge in [-0.1, -0.05) is 225 Å². The molecule has 0 aliphatic heterocycles. The molecule has 1 radical (unpaired) electrons. The molecule has 409 valence electrons. The van der Waals surface area contributed by atoms with Crippen LogP contribution < -0.4 is 32.1 Å². The summed E-state index contributed by atoms with van der Waals surface area (Å²) in [5.74, 6) is -17.8. The number of alkyl halides is 7. The van der Waals surface area contributed by atoms with E-state index in [1.807, 2.05) is 159 Å². The van der Waals surface area contributed by atoms with Crippen molar-refractivity contribution in [3.05, 3.63) is 270 Å². The van der Waals surface area contributed by atoms with Crippen LogP contribution in [-0.4, -0.2) is 33.5 Å². The maximum atomic E-state index is 14.6. The molecule has 81 heavy (non-hydrogen) atoms. The molecule has 2 aromatic heterocycles. The number of rotatable bonds is 11. The standard InChI is InChI=1S/C31H16F7NO3S.C18H15OP.C15H15OP.Eu/c32-29(33,30(34,35)31(36,37)38)27(41)23-25(40)21-15-14-20-19-8-4-5-9-22(19)43-26(20)24(21)39(28(23)42)18-12-10-17(11-13-18)16-6-2-1-3-7-16;19-20(16-10-4-1-5-11-16,17-12-6-2-7-13-17)18-14-8-3-9-15-18;1-13(2)17(16,14-9-5-3-6-10-14)15-11-7-4-8-12-15;/h1-15,40H;1-15H;3-12H,1H2,2H3;. The van der Waals surface area contributed by atoms with E-state index in [1.165, 1.54) is 35.6 Å². The second kappa shape index (κ2) is 24.7. The number of Topliss-reactive ketones (excluding diaryl/α,β-unsaturated/α-hetero) is 1. The van der Waals surface area contributed by atoms with Crippen LogP contribution in [0.25, 0.3) is 47.9 Å². The summed E-state index contributed by atoms with van der Waals surface area (Å²) < 4.78 is 125. The Balaban J connectivity index is 0.000000186. The second-order valence-corrected chi connectivity index (χ2v) is 25.2. The number of thiophene rings is 1. The molecule has 11 aromatic rings. The molecule has 17 heteroatoms. The van der Waals surface area contributed by atoms with Crippen molar-refractivity contribution in [3.63, 3.8) is 0 Å². The maximum Gasteiger partial charge on any atom is 0.460 e. The third-order valence-corrected chi connectivity index (χ3v) is 20.7. The predicted octanol–water partition coefficient (Wildman–Crippen LogP) is 15.6. The monoisotopic (exact) mass is 1290 g/mol. The fourth-order valence-corrected chi connectivity index (χ4v) is 15.5. The minimum Gasteiger partial charge on any atom is -0.506 e. The number of aromatic nitrogens is 1. The summed E-state index contributed by atoms with van der Waals surface area (Å²) in [5.41, 5.74) is -2.18. The van der Waals surface area contributed by atoms with Crippen LogP contribution in [-0.2, 0) is 9.13 Å². The minimum atomic E-state index is -6.83. The summed E-state index contributed by atoms with van der Waals surface area (Å²) in [6.07, 6.45) is -6.83. The second-order valence-electron chi connectivity index (χ2n) is 18.3. The number of pyridine rings is 1. The van der Waals surface area contributed by atoms with Crippen LogP contribution in [0.5, 0.6) is 5.75 Å². The summed E-state index contributed by atoms with van der Waals surface area (Å²) in [5, 5.41) is 16.9. The molecule has 0 atom stereocenters. The molecular weight excluding hydrogens is 1240 g/mol. The zero-order chi connectivity index (χ0) is 57.0. The first kappa shape index (κ1) is 60.3. The van der Waals surface area contributed by atoms with Crippen LogP contribution in [0.4, 0.5) is 30.7 Å². The van der Waals surface area contributed by atoms with E-state index in [-0.39, 0.29) is 66.0 Å². The van der Waals surface area contributed by atoms with Gasteiger partial charge in [-0.3, -0.25) is 14.2 Å². The number of hydrogen-bond acceptors (Lipinski definition) is 6. The third kappa shape index (κ3) is 11.5. The molecule has 11 rings (SSSR count). The molecule has 0 saturated carbocycles. The molecule has 0 unspecified atom stereocenters. The molecule has 0 amide bonds. The number of benzene rings is 9. The number of fused-ring (bicyclic) bond motifs is 5. The predicted molar refractivity (Wildman–Crippen MR) is 310 cm³/mol. The quantitative estimate of drug-likeness (QED) is 0.0791.